The highest BCUT2D eigenvalue weighted by molar-refractivity contribution is 5.86. The number of ether oxygens (including phenoxy) is 1. The van der Waals surface area contributed by atoms with Gasteiger partial charge in [0.1, 0.15) is 12.3 Å². The van der Waals surface area contributed by atoms with Gasteiger partial charge in [-0.05, 0) is 24.1 Å². The standard InChI is InChI=1S/C14H18N2O5/c1-21-11-5-2-10(3-6-11)4-7-13(18)16(8-12(15)17)9-14(19)20/h2-3,5-6H,4,7-9H2,1H3,(H2,15,17)(H,19,20). The highest BCUT2D eigenvalue weighted by Gasteiger charge is 2.18. The van der Waals surface area contributed by atoms with E-state index in [-0.39, 0.29) is 6.42 Å². The Morgan fingerprint density at radius 2 is 1.81 bits per heavy atom. The van der Waals surface area contributed by atoms with Crippen molar-refractivity contribution in [3.05, 3.63) is 29.8 Å². The number of benzene rings is 1. The third-order valence-electron chi connectivity index (χ3n) is 2.81. The number of carbonyl (C=O) groups is 3. The first-order valence-electron chi connectivity index (χ1n) is 6.33. The summed E-state index contributed by atoms with van der Waals surface area (Å²) in [6.07, 6.45) is 0.546. The molecule has 114 valence electrons. The Morgan fingerprint density at radius 3 is 2.29 bits per heavy atom. The number of carboxylic acids is 1. The highest BCUT2D eigenvalue weighted by atomic mass is 16.5. The van der Waals surface area contributed by atoms with Crippen LogP contribution >= 0.6 is 0 Å². The molecular formula is C14H18N2O5. The van der Waals surface area contributed by atoms with Crippen LogP contribution in [0.5, 0.6) is 5.75 Å². The number of aryl methyl sites for hydroxylation is 1. The zero-order chi connectivity index (χ0) is 15.8. The van der Waals surface area contributed by atoms with E-state index in [1.54, 1.807) is 19.2 Å². The van der Waals surface area contributed by atoms with Crippen molar-refractivity contribution in [1.29, 1.82) is 0 Å². The third-order valence-corrected chi connectivity index (χ3v) is 2.81. The molecule has 0 saturated carbocycles. The summed E-state index contributed by atoms with van der Waals surface area (Å²) < 4.78 is 5.03. The van der Waals surface area contributed by atoms with Crippen molar-refractivity contribution in [1.82, 2.24) is 4.90 Å². The lowest BCUT2D eigenvalue weighted by Crippen LogP contribution is -2.41. The first-order valence-corrected chi connectivity index (χ1v) is 6.33. The lowest BCUT2D eigenvalue weighted by Gasteiger charge is -2.18. The van der Waals surface area contributed by atoms with E-state index in [1.165, 1.54) is 0 Å². The minimum atomic E-state index is -1.19. The predicted molar refractivity (Wildman–Crippen MR) is 74.7 cm³/mol. The second kappa shape index (κ2) is 7.88. The van der Waals surface area contributed by atoms with Crippen LogP contribution < -0.4 is 10.5 Å². The molecule has 0 aromatic heterocycles. The van der Waals surface area contributed by atoms with Gasteiger partial charge in [0.2, 0.25) is 11.8 Å². The van der Waals surface area contributed by atoms with E-state index in [9.17, 15) is 14.4 Å². The summed E-state index contributed by atoms with van der Waals surface area (Å²) in [5, 5.41) is 8.73. The van der Waals surface area contributed by atoms with Crippen molar-refractivity contribution in [3.63, 3.8) is 0 Å². The van der Waals surface area contributed by atoms with Gasteiger partial charge in [-0.2, -0.15) is 0 Å². The largest absolute Gasteiger partial charge is 0.497 e. The van der Waals surface area contributed by atoms with Gasteiger partial charge in [0.25, 0.3) is 0 Å². The number of nitrogens with zero attached hydrogens (tertiary/aromatic N) is 1. The Kier molecular flexibility index (Phi) is 6.19. The molecule has 7 nitrogen and oxygen atoms in total. The number of carbonyl (C=O) groups excluding carboxylic acids is 2. The van der Waals surface area contributed by atoms with E-state index in [1.807, 2.05) is 12.1 Å². The van der Waals surface area contributed by atoms with E-state index in [0.717, 1.165) is 10.5 Å². The zero-order valence-corrected chi connectivity index (χ0v) is 11.7. The number of carboxylic acid groups (broad SMARTS) is 1. The molecule has 3 N–H and O–H groups in total. The maximum Gasteiger partial charge on any atom is 0.323 e. The van der Waals surface area contributed by atoms with Crippen molar-refractivity contribution in [3.8, 4) is 5.75 Å². The maximum absolute atomic E-state index is 11.9. The Bertz CT molecular complexity index is 497. The Balaban J connectivity index is 2.59. The van der Waals surface area contributed by atoms with Crippen LogP contribution in [0.25, 0.3) is 0 Å². The van der Waals surface area contributed by atoms with Crippen molar-refractivity contribution < 1.29 is 24.2 Å². The summed E-state index contributed by atoms with van der Waals surface area (Å²) in [5.74, 6) is -1.64. The fourth-order valence-electron chi connectivity index (χ4n) is 1.79. The number of methoxy groups -OCH3 is 1. The molecule has 1 aromatic rings. The number of primary amides is 1. The fourth-order valence-corrected chi connectivity index (χ4v) is 1.79. The van der Waals surface area contributed by atoms with E-state index in [4.69, 9.17) is 15.6 Å². The van der Waals surface area contributed by atoms with Gasteiger partial charge in [0, 0.05) is 6.42 Å². The number of aliphatic carboxylic acids is 1. The van der Waals surface area contributed by atoms with Crippen molar-refractivity contribution in [2.75, 3.05) is 20.2 Å². The molecule has 0 bridgehead atoms. The van der Waals surface area contributed by atoms with E-state index < -0.39 is 30.9 Å². The maximum atomic E-state index is 11.9. The molecule has 0 aliphatic rings. The van der Waals surface area contributed by atoms with Crippen LogP contribution in [0.15, 0.2) is 24.3 Å². The van der Waals surface area contributed by atoms with Crippen LogP contribution in [-0.2, 0) is 20.8 Å². The summed E-state index contributed by atoms with van der Waals surface area (Å²) in [6, 6.07) is 7.19. The monoisotopic (exact) mass is 294 g/mol. The predicted octanol–water partition coefficient (Wildman–Crippen LogP) is 0.0263. The van der Waals surface area contributed by atoms with Gasteiger partial charge in [0.05, 0.1) is 13.7 Å². The average Bonchev–Trinajstić information content (AvgIpc) is 2.43. The van der Waals surface area contributed by atoms with Gasteiger partial charge in [-0.15, -0.1) is 0 Å². The van der Waals surface area contributed by atoms with Gasteiger partial charge in [-0.1, -0.05) is 12.1 Å². The summed E-state index contributed by atoms with van der Waals surface area (Å²) >= 11 is 0. The number of rotatable bonds is 8. The molecule has 1 aromatic carbocycles. The third kappa shape index (κ3) is 5.94. The quantitative estimate of drug-likeness (QED) is 0.702. The first-order chi connectivity index (χ1) is 9.92. The molecule has 0 saturated heterocycles. The molecular weight excluding hydrogens is 276 g/mol. The number of hydrogen-bond acceptors (Lipinski definition) is 4. The van der Waals surface area contributed by atoms with E-state index in [0.29, 0.717) is 12.2 Å². The smallest absolute Gasteiger partial charge is 0.323 e. The van der Waals surface area contributed by atoms with Crippen LogP contribution in [-0.4, -0.2) is 48.0 Å². The normalized spacial score (nSPS) is 9.95. The minimum absolute atomic E-state index is 0.104. The van der Waals surface area contributed by atoms with E-state index in [2.05, 4.69) is 0 Å². The number of hydrogen-bond donors (Lipinski definition) is 2. The van der Waals surface area contributed by atoms with Gasteiger partial charge >= 0.3 is 5.97 Å². The summed E-state index contributed by atoms with van der Waals surface area (Å²) in [6.45, 7) is -0.932. The number of amides is 2. The highest BCUT2D eigenvalue weighted by Crippen LogP contribution is 2.13. The van der Waals surface area contributed by atoms with Crippen molar-refractivity contribution in [2.45, 2.75) is 12.8 Å². The SMILES string of the molecule is COc1ccc(CCC(=O)N(CC(N)=O)CC(=O)O)cc1. The Morgan fingerprint density at radius 1 is 1.19 bits per heavy atom. The van der Waals surface area contributed by atoms with Gasteiger partial charge in [-0.3, -0.25) is 14.4 Å². The minimum Gasteiger partial charge on any atom is -0.497 e. The van der Waals surface area contributed by atoms with Gasteiger partial charge < -0.3 is 20.5 Å². The van der Waals surface area contributed by atoms with Gasteiger partial charge in [-0.25, -0.2) is 0 Å². The van der Waals surface area contributed by atoms with Crippen molar-refractivity contribution in [2.24, 2.45) is 5.73 Å². The lowest BCUT2D eigenvalue weighted by atomic mass is 10.1. The van der Waals surface area contributed by atoms with Crippen LogP contribution in [0.1, 0.15) is 12.0 Å². The molecule has 0 unspecified atom stereocenters. The van der Waals surface area contributed by atoms with E-state index >= 15 is 0 Å². The average molecular weight is 294 g/mol. The molecule has 21 heavy (non-hydrogen) atoms. The fraction of sp³-hybridized carbons (Fsp3) is 0.357. The molecule has 2 amide bonds. The summed E-state index contributed by atoms with van der Waals surface area (Å²) in [4.78, 5) is 34.4. The van der Waals surface area contributed by atoms with Crippen LogP contribution in [0.3, 0.4) is 0 Å². The van der Waals surface area contributed by atoms with Crippen LogP contribution in [0, 0.1) is 0 Å². The summed E-state index contributed by atoms with van der Waals surface area (Å²) in [7, 11) is 1.56. The lowest BCUT2D eigenvalue weighted by molar-refractivity contribution is -0.145. The van der Waals surface area contributed by atoms with Gasteiger partial charge in [0.15, 0.2) is 0 Å². The second-order valence-electron chi connectivity index (χ2n) is 4.46. The van der Waals surface area contributed by atoms with Crippen LogP contribution in [0.4, 0.5) is 0 Å². The number of nitrogens with two attached hydrogens (primary N) is 1. The molecule has 1 rings (SSSR count). The second-order valence-corrected chi connectivity index (χ2v) is 4.46. The molecule has 0 aliphatic carbocycles. The zero-order valence-electron chi connectivity index (χ0n) is 11.7. The topological polar surface area (TPSA) is 110 Å². The molecule has 0 spiro atoms. The molecule has 7 heteroatoms. The first kappa shape index (κ1) is 16.5. The molecule has 0 heterocycles. The molecule has 0 aliphatic heterocycles. The van der Waals surface area contributed by atoms with Crippen LogP contribution in [0.2, 0.25) is 0 Å². The molecule has 0 radical (unpaired) electrons. The molecule has 0 atom stereocenters. The Labute approximate surface area is 122 Å². The van der Waals surface area contributed by atoms with Crippen molar-refractivity contribution >= 4 is 17.8 Å². The molecule has 0 fully saturated rings. The summed E-state index contributed by atoms with van der Waals surface area (Å²) in [5.41, 5.74) is 5.92. The Hall–Kier alpha value is -2.57.